The summed E-state index contributed by atoms with van der Waals surface area (Å²) in [4.78, 5) is 0. The van der Waals surface area contributed by atoms with E-state index in [-0.39, 0.29) is 26.8 Å². The molecule has 12 heavy (non-hydrogen) atoms. The molecule has 0 aliphatic heterocycles. The van der Waals surface area contributed by atoms with Gasteiger partial charge in [-0.3, -0.25) is 0 Å². The number of aliphatic hydroxyl groups excluding tert-OH is 2. The topological polar surface area (TPSA) is 40.5 Å². The Morgan fingerprint density at radius 1 is 1.08 bits per heavy atom. The fourth-order valence-electron chi connectivity index (χ4n) is 1.06. The van der Waals surface area contributed by atoms with E-state index in [0.717, 1.165) is 12.3 Å². The molecule has 3 heteroatoms. The molecule has 0 spiro atoms. The third-order valence-corrected chi connectivity index (χ3v) is 4.49. The van der Waals surface area contributed by atoms with E-state index in [9.17, 15) is 0 Å². The van der Waals surface area contributed by atoms with Crippen LogP contribution in [-0.2, 0) is 0 Å². The van der Waals surface area contributed by atoms with Crippen LogP contribution in [0.25, 0.3) is 0 Å². The zero-order chi connectivity index (χ0) is 9.40. The highest BCUT2D eigenvalue weighted by Crippen LogP contribution is 2.41. The second-order valence-electron chi connectivity index (χ2n) is 2.45. The molecular weight excluding hydrogens is 171 g/mol. The predicted octanol–water partition coefficient (Wildman–Crippen LogP) is 1.19. The van der Waals surface area contributed by atoms with Crippen molar-refractivity contribution in [1.82, 2.24) is 0 Å². The van der Waals surface area contributed by atoms with Crippen LogP contribution in [-0.4, -0.2) is 41.4 Å². The third kappa shape index (κ3) is 4.01. The first-order chi connectivity index (χ1) is 5.79. The van der Waals surface area contributed by atoms with Gasteiger partial charge >= 0.3 is 0 Å². The minimum Gasteiger partial charge on any atom is -0.396 e. The molecule has 0 radical (unpaired) electrons. The smallest absolute Gasteiger partial charge is 0.0470 e. The monoisotopic (exact) mass is 188 g/mol. The highest BCUT2D eigenvalue weighted by atomic mass is 31.1. The van der Waals surface area contributed by atoms with Gasteiger partial charge in [-0.05, 0) is 12.3 Å². The molecule has 0 unspecified atom stereocenters. The normalized spacial score (nSPS) is 10.7. The molecule has 0 heterocycles. The maximum atomic E-state index is 8.77. The van der Waals surface area contributed by atoms with Gasteiger partial charge in [0, 0.05) is 18.9 Å². The van der Waals surface area contributed by atoms with E-state index < -0.39 is 0 Å². The second-order valence-corrected chi connectivity index (χ2v) is 5.11. The molecule has 0 rings (SSSR count). The summed E-state index contributed by atoms with van der Waals surface area (Å²) in [6.07, 6.45) is 5.20. The van der Waals surface area contributed by atoms with E-state index in [1.165, 1.54) is 0 Å². The first-order valence-electron chi connectivity index (χ1n) is 4.01. The molecule has 0 aliphatic carbocycles. The van der Waals surface area contributed by atoms with Crippen molar-refractivity contribution in [3.8, 4) is 0 Å². The van der Waals surface area contributed by atoms with Crippen molar-refractivity contribution < 1.29 is 10.2 Å². The SMILES string of the molecule is C=CC(C=C)P(CCO)CCO. The molecule has 0 aromatic heterocycles. The Bertz CT molecular complexity index is 122. The summed E-state index contributed by atoms with van der Waals surface area (Å²) in [5.41, 5.74) is 0.263. The van der Waals surface area contributed by atoms with Crippen molar-refractivity contribution in [1.29, 1.82) is 0 Å². The quantitative estimate of drug-likeness (QED) is 0.465. The van der Waals surface area contributed by atoms with Crippen LogP contribution in [0.2, 0.25) is 0 Å². The molecule has 0 aromatic carbocycles. The largest absolute Gasteiger partial charge is 0.396 e. The van der Waals surface area contributed by atoms with Crippen LogP contribution in [0.15, 0.2) is 25.3 Å². The lowest BCUT2D eigenvalue weighted by molar-refractivity contribution is 0.315. The Labute approximate surface area is 75.4 Å². The minimum absolute atomic E-state index is 0.184. The van der Waals surface area contributed by atoms with Gasteiger partial charge in [0.1, 0.15) is 0 Å². The lowest BCUT2D eigenvalue weighted by Crippen LogP contribution is -2.08. The Morgan fingerprint density at radius 3 is 1.75 bits per heavy atom. The number of aliphatic hydroxyl groups is 2. The van der Waals surface area contributed by atoms with Gasteiger partial charge in [0.25, 0.3) is 0 Å². The van der Waals surface area contributed by atoms with Crippen LogP contribution in [0.5, 0.6) is 0 Å². The van der Waals surface area contributed by atoms with Crippen molar-refractivity contribution in [2.75, 3.05) is 25.5 Å². The van der Waals surface area contributed by atoms with Crippen LogP contribution in [0.1, 0.15) is 0 Å². The van der Waals surface area contributed by atoms with Crippen LogP contribution in [0.3, 0.4) is 0 Å². The maximum Gasteiger partial charge on any atom is 0.0470 e. The molecule has 2 N–H and O–H groups in total. The average molecular weight is 188 g/mol. The van der Waals surface area contributed by atoms with Crippen LogP contribution in [0, 0.1) is 0 Å². The molecule has 0 atom stereocenters. The number of hydrogen-bond acceptors (Lipinski definition) is 2. The van der Waals surface area contributed by atoms with Gasteiger partial charge in [-0.15, -0.1) is 13.2 Å². The zero-order valence-corrected chi connectivity index (χ0v) is 8.21. The minimum atomic E-state index is -0.361. The van der Waals surface area contributed by atoms with E-state index in [1.807, 2.05) is 12.2 Å². The molecule has 0 aromatic rings. The van der Waals surface area contributed by atoms with Gasteiger partial charge in [-0.2, -0.15) is 0 Å². The summed E-state index contributed by atoms with van der Waals surface area (Å²) in [7, 11) is -0.361. The molecule has 0 saturated heterocycles. The Morgan fingerprint density at radius 2 is 1.50 bits per heavy atom. The summed E-state index contributed by atoms with van der Waals surface area (Å²) >= 11 is 0. The molecular formula is C9H17O2P. The highest BCUT2D eigenvalue weighted by Gasteiger charge is 2.13. The molecule has 0 amide bonds. The van der Waals surface area contributed by atoms with E-state index in [1.54, 1.807) is 0 Å². The first kappa shape index (κ1) is 11.8. The van der Waals surface area contributed by atoms with Crippen LogP contribution < -0.4 is 0 Å². The van der Waals surface area contributed by atoms with Gasteiger partial charge in [-0.1, -0.05) is 20.1 Å². The Hall–Kier alpha value is -0.170. The first-order valence-corrected chi connectivity index (χ1v) is 5.79. The van der Waals surface area contributed by atoms with Crippen LogP contribution in [0.4, 0.5) is 0 Å². The van der Waals surface area contributed by atoms with E-state index >= 15 is 0 Å². The maximum absolute atomic E-state index is 8.77. The summed E-state index contributed by atoms with van der Waals surface area (Å²) in [5.74, 6) is 0. The van der Waals surface area contributed by atoms with Gasteiger partial charge < -0.3 is 10.2 Å². The van der Waals surface area contributed by atoms with Gasteiger partial charge in [0.05, 0.1) is 0 Å². The zero-order valence-electron chi connectivity index (χ0n) is 7.32. The van der Waals surface area contributed by atoms with Gasteiger partial charge in [0.2, 0.25) is 0 Å². The lowest BCUT2D eigenvalue weighted by atomic mass is 10.4. The second kappa shape index (κ2) is 7.48. The van der Waals surface area contributed by atoms with Crippen molar-refractivity contribution in [2.24, 2.45) is 0 Å². The standard InChI is InChI=1S/C9H17O2P/c1-3-9(4-2)12(7-5-10)8-6-11/h3-4,9-11H,1-2,5-8H2. The highest BCUT2D eigenvalue weighted by molar-refractivity contribution is 7.58. The van der Waals surface area contributed by atoms with E-state index in [4.69, 9.17) is 10.2 Å². The average Bonchev–Trinajstić information content (AvgIpc) is 2.07. The summed E-state index contributed by atoms with van der Waals surface area (Å²) < 4.78 is 0. The van der Waals surface area contributed by atoms with Gasteiger partial charge in [0.15, 0.2) is 0 Å². The summed E-state index contributed by atoms with van der Waals surface area (Å²) in [6, 6.07) is 0. The fourth-order valence-corrected chi connectivity index (χ4v) is 2.99. The molecule has 70 valence electrons. The van der Waals surface area contributed by atoms with Crippen molar-refractivity contribution >= 4 is 7.92 Å². The third-order valence-electron chi connectivity index (χ3n) is 1.68. The molecule has 0 saturated carbocycles. The lowest BCUT2D eigenvalue weighted by Gasteiger charge is -2.20. The van der Waals surface area contributed by atoms with E-state index in [2.05, 4.69) is 13.2 Å². The predicted molar refractivity (Wildman–Crippen MR) is 55.0 cm³/mol. The number of hydrogen-bond donors (Lipinski definition) is 2. The number of rotatable bonds is 7. The molecule has 0 bridgehead atoms. The Kier molecular flexibility index (Phi) is 7.37. The van der Waals surface area contributed by atoms with Crippen molar-refractivity contribution in [3.63, 3.8) is 0 Å². The summed E-state index contributed by atoms with van der Waals surface area (Å²) in [6.45, 7) is 7.77. The fraction of sp³-hybridized carbons (Fsp3) is 0.556. The molecule has 2 nitrogen and oxygen atoms in total. The van der Waals surface area contributed by atoms with Crippen molar-refractivity contribution in [2.45, 2.75) is 5.66 Å². The Balaban J connectivity index is 4.03. The molecule has 0 aliphatic rings. The number of allylic oxidation sites excluding steroid dienone is 2. The van der Waals surface area contributed by atoms with E-state index in [0.29, 0.717) is 0 Å². The van der Waals surface area contributed by atoms with Crippen molar-refractivity contribution in [3.05, 3.63) is 25.3 Å². The summed E-state index contributed by atoms with van der Waals surface area (Å²) in [5, 5.41) is 17.5. The van der Waals surface area contributed by atoms with Gasteiger partial charge in [-0.25, -0.2) is 0 Å². The molecule has 0 fully saturated rings. The van der Waals surface area contributed by atoms with Crippen LogP contribution >= 0.6 is 7.92 Å².